The van der Waals surface area contributed by atoms with Gasteiger partial charge in [0, 0.05) is 55.7 Å². The van der Waals surface area contributed by atoms with Gasteiger partial charge < -0.3 is 19.1 Å². The number of nitrogens with zero attached hydrogens (tertiary/aromatic N) is 4. The van der Waals surface area contributed by atoms with Crippen LogP contribution in [0.5, 0.6) is 11.5 Å². The molecular weight excluding hydrogens is 930 g/mol. The first-order valence-electron chi connectivity index (χ1n) is 20.1. The fourth-order valence-corrected chi connectivity index (χ4v) is 8.04. The Bertz CT molecular complexity index is 2860. The molecule has 0 atom stereocenters. The van der Waals surface area contributed by atoms with Gasteiger partial charge in [0.25, 0.3) is 0 Å². The number of para-hydroxylation sites is 2. The van der Waals surface area contributed by atoms with Crippen LogP contribution < -0.4 is 14.5 Å². The van der Waals surface area contributed by atoms with E-state index in [0.29, 0.717) is 28.8 Å². The molecule has 306 valence electrons. The second-order valence-electron chi connectivity index (χ2n) is 16.9. The van der Waals surface area contributed by atoms with Gasteiger partial charge in [-0.3, -0.25) is 0 Å². The number of halogens is 2. The summed E-state index contributed by atoms with van der Waals surface area (Å²) in [7, 11) is 0. The molecule has 0 radical (unpaired) electrons. The van der Waals surface area contributed by atoms with Gasteiger partial charge in [-0.05, 0) is 87.4 Å². The minimum absolute atomic E-state index is 0. The van der Waals surface area contributed by atoms with Gasteiger partial charge in [-0.25, -0.2) is 13.8 Å². The number of anilines is 4. The van der Waals surface area contributed by atoms with Crippen molar-refractivity contribution in [3.63, 3.8) is 0 Å². The van der Waals surface area contributed by atoms with Crippen LogP contribution in [0.2, 0.25) is 0 Å². The van der Waals surface area contributed by atoms with E-state index in [1.807, 2.05) is 59.5 Å². The average Bonchev–Trinajstić information content (AvgIpc) is 3.76. The van der Waals surface area contributed by atoms with Crippen LogP contribution in [0, 0.1) is 30.4 Å². The van der Waals surface area contributed by atoms with Crippen molar-refractivity contribution < 1.29 is 34.6 Å². The summed E-state index contributed by atoms with van der Waals surface area (Å²) in [6.07, 6.45) is 1.79. The second kappa shape index (κ2) is 16.0. The Hall–Kier alpha value is -5.78. The zero-order valence-corrected chi connectivity index (χ0v) is 36.9. The van der Waals surface area contributed by atoms with Crippen LogP contribution in [0.15, 0.2) is 128 Å². The van der Waals surface area contributed by atoms with Gasteiger partial charge in [-0.15, -0.1) is 53.6 Å². The van der Waals surface area contributed by atoms with E-state index < -0.39 is 11.6 Å². The molecule has 0 saturated carbocycles. The van der Waals surface area contributed by atoms with Crippen molar-refractivity contribution in [1.82, 2.24) is 9.55 Å². The van der Waals surface area contributed by atoms with E-state index in [-0.39, 0.29) is 38.1 Å². The van der Waals surface area contributed by atoms with E-state index in [1.165, 1.54) is 29.3 Å². The van der Waals surface area contributed by atoms with Gasteiger partial charge in [-0.2, -0.15) is 6.07 Å². The van der Waals surface area contributed by atoms with Crippen molar-refractivity contribution in [2.75, 3.05) is 9.80 Å². The van der Waals surface area contributed by atoms with Crippen LogP contribution in [0.4, 0.5) is 31.5 Å². The van der Waals surface area contributed by atoms with Crippen molar-refractivity contribution in [2.24, 2.45) is 0 Å². The van der Waals surface area contributed by atoms with E-state index in [4.69, 9.17) is 4.74 Å². The molecule has 60 heavy (non-hydrogen) atoms. The third kappa shape index (κ3) is 7.38. The van der Waals surface area contributed by atoms with Gasteiger partial charge in [0.05, 0.1) is 5.69 Å². The maximum atomic E-state index is 15.6. The summed E-state index contributed by atoms with van der Waals surface area (Å²) >= 11 is 0. The smallest absolute Gasteiger partial charge is 0.147 e. The van der Waals surface area contributed by atoms with E-state index >= 15 is 8.78 Å². The molecule has 0 unspecified atom stereocenters. The summed E-state index contributed by atoms with van der Waals surface area (Å²) in [5.74, 6) is 1.04. The Balaban J connectivity index is 0.00000499. The Labute approximate surface area is 365 Å². The first-order chi connectivity index (χ1) is 28.4. The van der Waals surface area contributed by atoms with Crippen LogP contribution in [-0.4, -0.2) is 9.55 Å². The van der Waals surface area contributed by atoms with E-state index in [0.717, 1.165) is 50.0 Å². The Morgan fingerprint density at radius 1 is 0.683 bits per heavy atom. The molecule has 8 aromatic rings. The molecule has 8 heteroatoms. The molecular formula is C52H45F2N4OPt-3. The maximum Gasteiger partial charge on any atom is 0.147 e. The van der Waals surface area contributed by atoms with Crippen molar-refractivity contribution in [1.29, 1.82) is 0 Å². The minimum atomic E-state index is -0.655. The molecule has 6 aromatic carbocycles. The molecule has 0 N–H and O–H groups in total. The summed E-state index contributed by atoms with van der Waals surface area (Å²) < 4.78 is 40.1. The number of benzene rings is 6. The SMILES string of the molecule is CC(C)c1ccc(-c2cc(Oc3[c-]c4c(cc3)c3ccccc3n4-c3ccccn3)[c-]c(N3[CH-]N(c4c(F)cccc4F)c4cc(C(C)(C)C)ccc43)c2)c(C(C)C)c1.[Pt]. The second-order valence-corrected chi connectivity index (χ2v) is 16.9. The molecule has 1 aliphatic rings. The van der Waals surface area contributed by atoms with Gasteiger partial charge in [0.15, 0.2) is 0 Å². The molecule has 1 aliphatic heterocycles. The molecule has 0 bridgehead atoms. The Morgan fingerprint density at radius 3 is 2.17 bits per heavy atom. The molecule has 3 heterocycles. The number of rotatable bonds is 8. The van der Waals surface area contributed by atoms with E-state index in [9.17, 15) is 0 Å². The van der Waals surface area contributed by atoms with Gasteiger partial charge in [0.1, 0.15) is 17.5 Å². The zero-order valence-electron chi connectivity index (χ0n) is 34.6. The topological polar surface area (TPSA) is 33.5 Å². The van der Waals surface area contributed by atoms with Crippen molar-refractivity contribution in [3.05, 3.63) is 175 Å². The number of pyridine rings is 1. The summed E-state index contributed by atoms with van der Waals surface area (Å²) in [6.45, 7) is 16.9. The molecule has 2 aromatic heterocycles. The third-order valence-electron chi connectivity index (χ3n) is 11.2. The van der Waals surface area contributed by atoms with Crippen LogP contribution in [-0.2, 0) is 26.5 Å². The van der Waals surface area contributed by atoms with Gasteiger partial charge in [0.2, 0.25) is 0 Å². The molecule has 0 fully saturated rings. The number of ether oxygens (including phenoxy) is 1. The number of fused-ring (bicyclic) bond motifs is 4. The minimum Gasteiger partial charge on any atom is -0.509 e. The predicted octanol–water partition coefficient (Wildman–Crippen LogP) is 14.5. The summed E-state index contributed by atoms with van der Waals surface area (Å²) in [5.41, 5.74) is 9.08. The Kier molecular flexibility index (Phi) is 10.9. The first-order valence-corrected chi connectivity index (χ1v) is 20.1. The fourth-order valence-electron chi connectivity index (χ4n) is 8.04. The maximum absolute atomic E-state index is 15.6. The van der Waals surface area contributed by atoms with Crippen molar-refractivity contribution in [2.45, 2.75) is 65.7 Å². The fraction of sp³-hybridized carbons (Fsp3) is 0.192. The van der Waals surface area contributed by atoms with Crippen LogP contribution in [0.3, 0.4) is 0 Å². The number of aromatic nitrogens is 2. The van der Waals surface area contributed by atoms with E-state index in [2.05, 4.69) is 119 Å². The molecule has 0 saturated heterocycles. The average molecular weight is 975 g/mol. The third-order valence-corrected chi connectivity index (χ3v) is 11.2. The van der Waals surface area contributed by atoms with Crippen LogP contribution >= 0.6 is 0 Å². The van der Waals surface area contributed by atoms with Crippen molar-refractivity contribution >= 4 is 44.6 Å². The van der Waals surface area contributed by atoms with Gasteiger partial charge >= 0.3 is 0 Å². The summed E-state index contributed by atoms with van der Waals surface area (Å²) in [5, 5.41) is 2.12. The monoisotopic (exact) mass is 974 g/mol. The summed E-state index contributed by atoms with van der Waals surface area (Å²) in [4.78, 5) is 8.23. The molecule has 0 amide bonds. The Morgan fingerprint density at radius 2 is 1.45 bits per heavy atom. The first kappa shape index (κ1) is 41.0. The predicted molar refractivity (Wildman–Crippen MR) is 236 cm³/mol. The molecule has 9 rings (SSSR count). The summed E-state index contributed by atoms with van der Waals surface area (Å²) in [6, 6.07) is 46.1. The molecule has 0 spiro atoms. The van der Waals surface area contributed by atoms with Gasteiger partial charge in [-0.1, -0.05) is 109 Å². The molecule has 5 nitrogen and oxygen atoms in total. The number of hydrogen-bond donors (Lipinski definition) is 0. The number of hydrogen-bond acceptors (Lipinski definition) is 4. The standard InChI is InChI=1S/C52H45F2N4O.Pt/c1-32(2)34-18-21-40(43(27-34)33(3)4)35-25-37(56-31-57(51-44(53)14-12-15-45(51)54)49-28-36(52(5,6)7)19-23-47(49)56)29-39(26-35)59-38-20-22-42-41-13-8-9-16-46(41)58(48(42)30-38)50-17-10-11-24-55-50;/h8-28,31-33H,1-7H3;/q-3;. The van der Waals surface area contributed by atoms with E-state index in [1.54, 1.807) is 17.8 Å². The largest absolute Gasteiger partial charge is 0.509 e. The van der Waals surface area contributed by atoms with Crippen molar-refractivity contribution in [3.8, 4) is 28.4 Å². The normalized spacial score (nSPS) is 12.8. The zero-order chi connectivity index (χ0) is 41.2. The van der Waals surface area contributed by atoms with Crippen LogP contribution in [0.25, 0.3) is 38.8 Å². The quantitative estimate of drug-likeness (QED) is 0.142. The van der Waals surface area contributed by atoms with Crippen LogP contribution in [0.1, 0.15) is 77.0 Å². The molecule has 0 aliphatic carbocycles.